The van der Waals surface area contributed by atoms with Crippen LogP contribution >= 0.6 is 0 Å². The number of carbonyl (C=O) groups excluding carboxylic acids is 1. The van der Waals surface area contributed by atoms with Crippen molar-refractivity contribution in [3.8, 4) is 5.75 Å². The minimum absolute atomic E-state index is 0.0663. The van der Waals surface area contributed by atoms with Crippen molar-refractivity contribution in [1.29, 1.82) is 0 Å². The zero-order chi connectivity index (χ0) is 19.8. The number of rotatable bonds is 7. The number of hydrogen-bond acceptors (Lipinski definition) is 4. The van der Waals surface area contributed by atoms with Crippen molar-refractivity contribution in [3.05, 3.63) is 94.9 Å². The second-order valence-electron chi connectivity index (χ2n) is 6.00. The van der Waals surface area contributed by atoms with Crippen LogP contribution in [0.15, 0.2) is 84.0 Å². The molecule has 0 unspecified atom stereocenters. The van der Waals surface area contributed by atoms with E-state index in [4.69, 9.17) is 15.0 Å². The Hall–Kier alpha value is -3.70. The number of benzene rings is 3. The van der Waals surface area contributed by atoms with Crippen LogP contribution in [0.2, 0.25) is 0 Å². The summed E-state index contributed by atoms with van der Waals surface area (Å²) in [5.41, 5.74) is 11.8. The third kappa shape index (κ3) is 4.34. The topological polar surface area (TPSA) is 84.3 Å². The summed E-state index contributed by atoms with van der Waals surface area (Å²) < 4.78 is 10.4. The van der Waals surface area contributed by atoms with Crippen molar-refractivity contribution in [2.45, 2.75) is 0 Å². The molecule has 0 saturated carbocycles. The predicted octanol–water partition coefficient (Wildman–Crippen LogP) is 2.64. The molecule has 0 bridgehead atoms. The lowest BCUT2D eigenvalue weighted by molar-refractivity contribution is 0.0602. The number of azide groups is 1. The van der Waals surface area contributed by atoms with Crippen molar-refractivity contribution in [2.75, 3.05) is 13.8 Å². The normalized spacial score (nSPS) is 9.89. The summed E-state index contributed by atoms with van der Waals surface area (Å²) in [6, 6.07) is 24.9. The summed E-state index contributed by atoms with van der Waals surface area (Å²) in [4.78, 5) is 15.0. The number of carbonyl (C=O) groups is 1. The Morgan fingerprint density at radius 1 is 0.964 bits per heavy atom. The molecule has 0 spiro atoms. The molecule has 0 radical (unpaired) electrons. The fraction of sp³-hybridized carbons (Fsp3) is 0.0952. The van der Waals surface area contributed by atoms with E-state index in [-0.39, 0.29) is 19.4 Å². The van der Waals surface area contributed by atoms with E-state index < -0.39 is 0 Å². The first-order chi connectivity index (χ1) is 13.7. The molecule has 0 aliphatic heterocycles. The maximum Gasteiger partial charge on any atom is 0.337 e. The van der Waals surface area contributed by atoms with E-state index in [0.717, 1.165) is 16.4 Å². The number of nitrogens with zero attached hydrogens (tertiary/aromatic N) is 3. The summed E-state index contributed by atoms with van der Waals surface area (Å²) >= 11 is 0. The third-order valence-electron chi connectivity index (χ3n) is 4.38. The largest absolute Gasteiger partial charge is 0.488 e. The van der Waals surface area contributed by atoms with Crippen molar-refractivity contribution in [2.24, 2.45) is 5.11 Å². The van der Waals surface area contributed by atoms with Crippen molar-refractivity contribution in [3.63, 3.8) is 0 Å². The van der Waals surface area contributed by atoms with Gasteiger partial charge in [0.05, 0.1) is 12.7 Å². The molecule has 0 aliphatic carbocycles. The summed E-state index contributed by atoms with van der Waals surface area (Å²) in [6.07, 6.45) is 0. The molecule has 3 aromatic rings. The van der Waals surface area contributed by atoms with Crippen LogP contribution in [0, 0.1) is 0 Å². The molecule has 3 aromatic carbocycles. The standard InChI is InChI=1S/C21H18BN3O3/c1-27-21(26)19-9-5-6-10-20(19)22(16-7-3-2-4-8-16)17-11-13-18(14-12-17)28-15-24-25-23/h2-14H,15H2,1H3. The zero-order valence-electron chi connectivity index (χ0n) is 15.4. The lowest BCUT2D eigenvalue weighted by Crippen LogP contribution is -2.53. The molecule has 0 amide bonds. The van der Waals surface area contributed by atoms with E-state index in [2.05, 4.69) is 10.0 Å². The minimum Gasteiger partial charge on any atom is -0.488 e. The molecule has 0 atom stereocenters. The highest BCUT2D eigenvalue weighted by Gasteiger charge is 2.26. The van der Waals surface area contributed by atoms with Crippen LogP contribution in [0.4, 0.5) is 0 Å². The van der Waals surface area contributed by atoms with Gasteiger partial charge >= 0.3 is 5.97 Å². The summed E-state index contributed by atoms with van der Waals surface area (Å²) in [5.74, 6) is 0.232. The second kappa shape index (κ2) is 9.30. The smallest absolute Gasteiger partial charge is 0.337 e. The van der Waals surface area contributed by atoms with E-state index in [1.807, 2.05) is 72.8 Å². The minimum atomic E-state index is -0.370. The van der Waals surface area contributed by atoms with E-state index >= 15 is 0 Å². The van der Waals surface area contributed by atoms with E-state index in [1.165, 1.54) is 7.11 Å². The van der Waals surface area contributed by atoms with Crippen LogP contribution in [0.3, 0.4) is 0 Å². The highest BCUT2D eigenvalue weighted by Crippen LogP contribution is 2.09. The Labute approximate surface area is 163 Å². The Kier molecular flexibility index (Phi) is 6.34. The Balaban J connectivity index is 2.05. The van der Waals surface area contributed by atoms with Crippen LogP contribution in [0.25, 0.3) is 10.4 Å². The number of ether oxygens (including phenoxy) is 2. The van der Waals surface area contributed by atoms with Gasteiger partial charge in [-0.05, 0) is 23.7 Å². The van der Waals surface area contributed by atoms with Gasteiger partial charge in [-0.3, -0.25) is 0 Å². The van der Waals surface area contributed by atoms with E-state index in [9.17, 15) is 4.79 Å². The average molecular weight is 371 g/mol. The van der Waals surface area contributed by atoms with Gasteiger partial charge in [0.2, 0.25) is 6.71 Å². The van der Waals surface area contributed by atoms with Crippen LogP contribution in [-0.2, 0) is 4.74 Å². The van der Waals surface area contributed by atoms with Crippen LogP contribution in [0.5, 0.6) is 5.75 Å². The first kappa shape index (κ1) is 19.1. The number of methoxy groups -OCH3 is 1. The Morgan fingerprint density at radius 3 is 2.29 bits per heavy atom. The molecule has 3 rings (SSSR count). The Bertz CT molecular complexity index is 987. The fourth-order valence-electron chi connectivity index (χ4n) is 3.13. The molecule has 28 heavy (non-hydrogen) atoms. The van der Waals surface area contributed by atoms with Crippen LogP contribution in [-0.4, -0.2) is 26.5 Å². The molecule has 0 saturated heterocycles. The predicted molar refractivity (Wildman–Crippen MR) is 110 cm³/mol. The molecule has 0 aromatic heterocycles. The monoisotopic (exact) mass is 371 g/mol. The van der Waals surface area contributed by atoms with Crippen LogP contribution in [0.1, 0.15) is 10.4 Å². The van der Waals surface area contributed by atoms with E-state index in [0.29, 0.717) is 11.3 Å². The van der Waals surface area contributed by atoms with Crippen molar-refractivity contribution >= 4 is 29.1 Å². The van der Waals surface area contributed by atoms with Gasteiger partial charge in [-0.2, -0.15) is 0 Å². The molecule has 0 heterocycles. The van der Waals surface area contributed by atoms with Gasteiger partial charge in [-0.15, -0.1) is 0 Å². The van der Waals surface area contributed by atoms with Gasteiger partial charge in [-0.1, -0.05) is 82.2 Å². The zero-order valence-corrected chi connectivity index (χ0v) is 15.4. The van der Waals surface area contributed by atoms with Gasteiger partial charge < -0.3 is 9.47 Å². The van der Waals surface area contributed by atoms with Crippen LogP contribution < -0.4 is 21.1 Å². The fourth-order valence-corrected chi connectivity index (χ4v) is 3.13. The van der Waals surface area contributed by atoms with E-state index in [1.54, 1.807) is 6.07 Å². The second-order valence-corrected chi connectivity index (χ2v) is 6.00. The molecule has 138 valence electrons. The van der Waals surface area contributed by atoms with Gasteiger partial charge in [0.1, 0.15) is 5.75 Å². The van der Waals surface area contributed by atoms with Gasteiger partial charge in [0, 0.05) is 4.91 Å². The molecule has 7 heteroatoms. The van der Waals surface area contributed by atoms with Gasteiger partial charge in [-0.25, -0.2) is 4.79 Å². The lowest BCUT2D eigenvalue weighted by atomic mass is 9.36. The number of hydrogen-bond donors (Lipinski definition) is 0. The molecule has 6 nitrogen and oxygen atoms in total. The first-order valence-corrected chi connectivity index (χ1v) is 8.70. The van der Waals surface area contributed by atoms with Crippen molar-refractivity contribution in [1.82, 2.24) is 0 Å². The highest BCUT2D eigenvalue weighted by molar-refractivity contribution is 6.96. The average Bonchev–Trinajstić information content (AvgIpc) is 2.76. The molecule has 0 fully saturated rings. The quantitative estimate of drug-likeness (QED) is 0.210. The third-order valence-corrected chi connectivity index (χ3v) is 4.38. The van der Waals surface area contributed by atoms with Gasteiger partial charge in [0.25, 0.3) is 0 Å². The molecular weight excluding hydrogens is 353 g/mol. The number of esters is 1. The van der Waals surface area contributed by atoms with Crippen molar-refractivity contribution < 1.29 is 14.3 Å². The highest BCUT2D eigenvalue weighted by atomic mass is 16.5. The van der Waals surface area contributed by atoms with Gasteiger partial charge in [0.15, 0.2) is 6.73 Å². The lowest BCUT2D eigenvalue weighted by Gasteiger charge is -2.18. The molecule has 0 N–H and O–H groups in total. The summed E-state index contributed by atoms with van der Waals surface area (Å²) in [7, 11) is 1.38. The first-order valence-electron chi connectivity index (χ1n) is 8.70. The maximum atomic E-state index is 12.3. The summed E-state index contributed by atoms with van der Waals surface area (Å²) in [6.45, 7) is -0.217. The maximum absolute atomic E-state index is 12.3. The molecule has 0 aliphatic rings. The summed E-state index contributed by atoms with van der Waals surface area (Å²) in [5, 5.41) is 3.37. The SMILES string of the molecule is COC(=O)c1ccccc1B(c1ccccc1)c1ccc(OCN=[N+]=[N-])cc1. The Morgan fingerprint density at radius 2 is 1.61 bits per heavy atom. The molecular formula is C21H18BN3O3.